The van der Waals surface area contributed by atoms with Crippen LogP contribution in [0.15, 0.2) is 61.4 Å². The summed E-state index contributed by atoms with van der Waals surface area (Å²) in [5, 5.41) is 15.6. The third-order valence-corrected chi connectivity index (χ3v) is 7.85. The molecule has 3 atom stereocenters. The van der Waals surface area contributed by atoms with Gasteiger partial charge in [-0.15, -0.1) is 5.10 Å². The number of aromatic nitrogens is 7. The molecule has 2 fully saturated rings. The largest absolute Gasteiger partial charge is 0.370 e. The number of nitrogens with zero attached hydrogens (tertiary/aromatic N) is 9. The van der Waals surface area contributed by atoms with Crippen LogP contribution in [0, 0.1) is 0 Å². The van der Waals surface area contributed by atoms with Gasteiger partial charge >= 0.3 is 0 Å². The second-order valence-electron chi connectivity index (χ2n) is 9.92. The van der Waals surface area contributed by atoms with Gasteiger partial charge in [-0.05, 0) is 64.2 Å². The van der Waals surface area contributed by atoms with Crippen LogP contribution in [0.2, 0.25) is 0 Å². The number of aryl methyl sites for hydroxylation is 1. The Morgan fingerprint density at radius 2 is 1.95 bits per heavy atom. The van der Waals surface area contributed by atoms with Crippen LogP contribution in [0.1, 0.15) is 35.1 Å². The zero-order valence-corrected chi connectivity index (χ0v) is 20.3. The van der Waals surface area contributed by atoms with Crippen LogP contribution in [0.25, 0.3) is 11.4 Å². The molecule has 7 rings (SSSR count). The average Bonchev–Trinajstić information content (AvgIpc) is 3.74. The molecular formula is C26H27N9O2. The Balaban J connectivity index is 1.01. The Morgan fingerprint density at radius 3 is 2.81 bits per heavy atom. The van der Waals surface area contributed by atoms with E-state index in [4.69, 9.17) is 4.74 Å². The van der Waals surface area contributed by atoms with E-state index in [0.717, 1.165) is 55.0 Å². The van der Waals surface area contributed by atoms with E-state index in [2.05, 4.69) is 54.8 Å². The van der Waals surface area contributed by atoms with Gasteiger partial charge in [-0.2, -0.15) is 5.10 Å². The van der Waals surface area contributed by atoms with Gasteiger partial charge in [-0.3, -0.25) is 9.69 Å². The van der Waals surface area contributed by atoms with Crippen LogP contribution in [-0.4, -0.2) is 89.5 Å². The number of carbonyl (C=O) groups excluding carboxylic acids is 1. The van der Waals surface area contributed by atoms with Gasteiger partial charge in [0.05, 0.1) is 36.0 Å². The van der Waals surface area contributed by atoms with Crippen LogP contribution in [0.3, 0.4) is 0 Å². The van der Waals surface area contributed by atoms with E-state index in [-0.39, 0.29) is 24.0 Å². The SMILES string of the molecule is O=C(C1CCc2cc(-n3cnnn3)ccc21)N1CCN2C[C@@H](c3cccc(-n4cncn4)c3)OC[C@@H]2C1. The molecule has 37 heavy (non-hydrogen) atoms. The quantitative estimate of drug-likeness (QED) is 0.418. The summed E-state index contributed by atoms with van der Waals surface area (Å²) in [7, 11) is 0. The summed E-state index contributed by atoms with van der Waals surface area (Å²) in [5.74, 6) is 0.150. The summed E-state index contributed by atoms with van der Waals surface area (Å²) >= 11 is 0. The summed E-state index contributed by atoms with van der Waals surface area (Å²) < 4.78 is 9.73. The molecule has 0 radical (unpaired) electrons. The molecule has 11 nitrogen and oxygen atoms in total. The van der Waals surface area contributed by atoms with Crippen molar-refractivity contribution in [1.29, 1.82) is 0 Å². The standard InChI is InChI=1S/C26H27N9O2/c36-26(24-6-4-18-10-21(5-7-23(18)24)35-17-28-30-31-35)33-9-8-32-13-25(37-14-22(32)12-33)19-2-1-3-20(11-19)34-16-27-15-29-34/h1-3,5,7,10-11,15-17,22,24-25H,4,6,8-9,12-14H2/t22-,24?,25-/m0/s1. The van der Waals surface area contributed by atoms with Crippen LogP contribution >= 0.6 is 0 Å². The Hall–Kier alpha value is -3.96. The molecule has 4 aromatic rings. The number of morpholine rings is 1. The summed E-state index contributed by atoms with van der Waals surface area (Å²) in [4.78, 5) is 22.2. The fourth-order valence-corrected chi connectivity index (χ4v) is 5.90. The molecule has 1 unspecified atom stereocenters. The van der Waals surface area contributed by atoms with Gasteiger partial charge in [0.15, 0.2) is 0 Å². The highest BCUT2D eigenvalue weighted by Crippen LogP contribution is 2.36. The van der Waals surface area contributed by atoms with Crippen molar-refractivity contribution in [2.45, 2.75) is 30.9 Å². The maximum Gasteiger partial charge on any atom is 0.230 e. The van der Waals surface area contributed by atoms with Crippen molar-refractivity contribution >= 4 is 5.91 Å². The van der Waals surface area contributed by atoms with E-state index in [9.17, 15) is 4.79 Å². The Bertz CT molecular complexity index is 1410. The third-order valence-electron chi connectivity index (χ3n) is 7.85. The molecule has 0 bridgehead atoms. The maximum absolute atomic E-state index is 13.6. The molecule has 1 aliphatic carbocycles. The highest BCUT2D eigenvalue weighted by atomic mass is 16.5. The predicted molar refractivity (Wildman–Crippen MR) is 132 cm³/mol. The second-order valence-corrected chi connectivity index (χ2v) is 9.92. The van der Waals surface area contributed by atoms with Crippen LogP contribution in [0.5, 0.6) is 0 Å². The first-order chi connectivity index (χ1) is 18.2. The number of amides is 1. The van der Waals surface area contributed by atoms with Gasteiger partial charge in [0, 0.05) is 26.2 Å². The van der Waals surface area contributed by atoms with Crippen molar-refractivity contribution in [3.8, 4) is 11.4 Å². The number of hydrogen-bond acceptors (Lipinski definition) is 8. The van der Waals surface area contributed by atoms with Crippen molar-refractivity contribution < 1.29 is 9.53 Å². The topological polar surface area (TPSA) is 107 Å². The first kappa shape index (κ1) is 22.3. The van der Waals surface area contributed by atoms with E-state index >= 15 is 0 Å². The van der Waals surface area contributed by atoms with Crippen molar-refractivity contribution in [3.05, 3.63) is 78.1 Å². The van der Waals surface area contributed by atoms with Crippen molar-refractivity contribution in [1.82, 2.24) is 44.8 Å². The number of tetrazole rings is 1. The maximum atomic E-state index is 13.6. The van der Waals surface area contributed by atoms with Gasteiger partial charge in [-0.1, -0.05) is 18.2 Å². The Kier molecular flexibility index (Phi) is 5.51. The molecule has 2 aromatic carbocycles. The van der Waals surface area contributed by atoms with E-state index < -0.39 is 0 Å². The first-order valence-corrected chi connectivity index (χ1v) is 12.7. The number of hydrogen-bond donors (Lipinski definition) is 0. The third kappa shape index (κ3) is 4.09. The van der Waals surface area contributed by atoms with E-state index in [1.807, 2.05) is 23.1 Å². The number of carbonyl (C=O) groups is 1. The molecular weight excluding hydrogens is 470 g/mol. The monoisotopic (exact) mass is 497 g/mol. The lowest BCUT2D eigenvalue weighted by Gasteiger charge is -2.46. The minimum atomic E-state index is -0.0822. The number of piperazine rings is 1. The lowest BCUT2D eigenvalue weighted by Crippen LogP contribution is -2.60. The zero-order valence-electron chi connectivity index (χ0n) is 20.3. The zero-order chi connectivity index (χ0) is 24.8. The molecule has 2 aliphatic heterocycles. The Labute approximate surface area is 213 Å². The van der Waals surface area contributed by atoms with Crippen molar-refractivity contribution in [2.75, 3.05) is 32.8 Å². The second kappa shape index (κ2) is 9.16. The summed E-state index contributed by atoms with van der Waals surface area (Å²) in [6, 6.07) is 14.6. The number of rotatable bonds is 4. The molecule has 0 spiro atoms. The van der Waals surface area contributed by atoms with E-state index in [1.54, 1.807) is 22.0 Å². The normalized spacial score (nSPS) is 23.6. The number of ether oxygens (including phenoxy) is 1. The molecule has 188 valence electrons. The van der Waals surface area contributed by atoms with Gasteiger partial charge < -0.3 is 9.64 Å². The molecule has 4 heterocycles. The average molecular weight is 498 g/mol. The lowest BCUT2D eigenvalue weighted by atomic mass is 9.98. The molecule has 2 aromatic heterocycles. The van der Waals surface area contributed by atoms with Crippen LogP contribution < -0.4 is 0 Å². The lowest BCUT2D eigenvalue weighted by molar-refractivity contribution is -0.141. The highest BCUT2D eigenvalue weighted by molar-refractivity contribution is 5.85. The highest BCUT2D eigenvalue weighted by Gasteiger charge is 2.39. The van der Waals surface area contributed by atoms with Crippen molar-refractivity contribution in [3.63, 3.8) is 0 Å². The van der Waals surface area contributed by atoms with Crippen LogP contribution in [0.4, 0.5) is 0 Å². The van der Waals surface area contributed by atoms with Gasteiger partial charge in [0.2, 0.25) is 5.91 Å². The Morgan fingerprint density at radius 1 is 1.00 bits per heavy atom. The van der Waals surface area contributed by atoms with Gasteiger partial charge in [0.1, 0.15) is 19.0 Å². The summed E-state index contributed by atoms with van der Waals surface area (Å²) in [6.07, 6.45) is 6.56. The first-order valence-electron chi connectivity index (χ1n) is 12.7. The van der Waals surface area contributed by atoms with E-state index in [0.29, 0.717) is 13.2 Å². The van der Waals surface area contributed by atoms with Crippen molar-refractivity contribution in [2.24, 2.45) is 0 Å². The number of benzene rings is 2. The minimum absolute atomic E-state index is 0.00179. The predicted octanol–water partition coefficient (Wildman–Crippen LogP) is 1.56. The van der Waals surface area contributed by atoms with Gasteiger partial charge in [-0.25, -0.2) is 14.3 Å². The molecule has 2 saturated heterocycles. The molecule has 0 saturated carbocycles. The molecule has 3 aliphatic rings. The number of fused-ring (bicyclic) bond motifs is 2. The smallest absolute Gasteiger partial charge is 0.230 e. The molecule has 11 heteroatoms. The molecule has 0 N–H and O–H groups in total. The van der Waals surface area contributed by atoms with Gasteiger partial charge in [0.25, 0.3) is 0 Å². The minimum Gasteiger partial charge on any atom is -0.370 e. The molecule has 1 amide bonds. The fourth-order valence-electron chi connectivity index (χ4n) is 5.90. The van der Waals surface area contributed by atoms with E-state index in [1.165, 1.54) is 11.9 Å². The van der Waals surface area contributed by atoms with Crippen LogP contribution in [-0.2, 0) is 16.0 Å². The summed E-state index contributed by atoms with van der Waals surface area (Å²) in [5.41, 5.74) is 5.37. The summed E-state index contributed by atoms with van der Waals surface area (Å²) in [6.45, 7) is 3.74. The fraction of sp³-hybridized carbons (Fsp3) is 0.385.